The van der Waals surface area contributed by atoms with Gasteiger partial charge in [-0.05, 0) is 43.4 Å². The van der Waals surface area contributed by atoms with Crippen LogP contribution in [0.1, 0.15) is 45.4 Å². The minimum absolute atomic E-state index is 0.853. The van der Waals surface area contributed by atoms with Crippen molar-refractivity contribution in [1.29, 1.82) is 0 Å². The molecule has 4 nitrogen and oxygen atoms in total. The van der Waals surface area contributed by atoms with Gasteiger partial charge in [0.2, 0.25) is 5.96 Å². The highest BCUT2D eigenvalue weighted by atomic mass is 15.4. The van der Waals surface area contributed by atoms with Gasteiger partial charge in [-0.15, -0.1) is 0 Å². The lowest BCUT2D eigenvalue weighted by atomic mass is 9.88. The molecular formula is C14H28N4. The van der Waals surface area contributed by atoms with Gasteiger partial charge < -0.3 is 4.90 Å². The zero-order chi connectivity index (χ0) is 13.0. The Morgan fingerprint density at radius 2 is 2.22 bits per heavy atom. The molecule has 3 atom stereocenters. The molecule has 0 aliphatic heterocycles. The van der Waals surface area contributed by atoms with Crippen LogP contribution in [0.5, 0.6) is 0 Å². The Morgan fingerprint density at radius 3 is 2.78 bits per heavy atom. The summed E-state index contributed by atoms with van der Waals surface area (Å²) in [7, 11) is 2.11. The number of fused-ring (bicyclic) bond motifs is 2. The molecule has 0 saturated heterocycles. The van der Waals surface area contributed by atoms with Crippen LogP contribution in [0.4, 0.5) is 0 Å². The van der Waals surface area contributed by atoms with Crippen LogP contribution in [-0.2, 0) is 0 Å². The van der Waals surface area contributed by atoms with Gasteiger partial charge in [0.25, 0.3) is 0 Å². The van der Waals surface area contributed by atoms with E-state index in [0.29, 0.717) is 0 Å². The lowest BCUT2D eigenvalue weighted by molar-refractivity contribution is 0.272. The molecule has 2 fully saturated rings. The molecule has 4 heteroatoms. The molecule has 104 valence electrons. The third-order valence-electron chi connectivity index (χ3n) is 4.66. The molecule has 0 radical (unpaired) electrons. The second-order valence-electron chi connectivity index (χ2n) is 6.02. The Hall–Kier alpha value is -0.770. The number of nitrogens with two attached hydrogens (primary N) is 1. The fraction of sp³-hybridized carbons (Fsp3) is 0.929. The average molecular weight is 252 g/mol. The van der Waals surface area contributed by atoms with Gasteiger partial charge in [0.1, 0.15) is 0 Å². The monoisotopic (exact) mass is 252 g/mol. The maximum atomic E-state index is 5.58. The van der Waals surface area contributed by atoms with Gasteiger partial charge >= 0.3 is 0 Å². The first kappa shape index (κ1) is 13.7. The van der Waals surface area contributed by atoms with Gasteiger partial charge in [-0.2, -0.15) is 0 Å². The van der Waals surface area contributed by atoms with E-state index in [0.717, 1.165) is 43.2 Å². The summed E-state index contributed by atoms with van der Waals surface area (Å²) in [5, 5.41) is 0. The Kier molecular flexibility index (Phi) is 4.87. The number of nitrogens with one attached hydrogen (secondary N) is 1. The molecule has 3 N–H and O–H groups in total. The van der Waals surface area contributed by atoms with Crippen molar-refractivity contribution < 1.29 is 0 Å². The first-order valence-corrected chi connectivity index (χ1v) is 7.46. The lowest BCUT2D eigenvalue weighted by Crippen LogP contribution is -2.45. The zero-order valence-electron chi connectivity index (χ0n) is 11.9. The number of unbranched alkanes of at least 4 members (excludes halogenated alkanes) is 1. The van der Waals surface area contributed by atoms with Crippen LogP contribution in [0.2, 0.25) is 0 Å². The normalized spacial score (nSPS) is 30.8. The van der Waals surface area contributed by atoms with E-state index in [4.69, 9.17) is 5.84 Å². The van der Waals surface area contributed by atoms with Crippen molar-refractivity contribution in [1.82, 2.24) is 10.3 Å². The van der Waals surface area contributed by atoms with Crippen LogP contribution in [0.3, 0.4) is 0 Å². The molecule has 3 unspecified atom stereocenters. The maximum absolute atomic E-state index is 5.58. The van der Waals surface area contributed by atoms with E-state index in [9.17, 15) is 0 Å². The van der Waals surface area contributed by atoms with E-state index in [1.807, 2.05) is 0 Å². The fourth-order valence-corrected chi connectivity index (χ4v) is 3.66. The highest BCUT2D eigenvalue weighted by Crippen LogP contribution is 2.48. The molecule has 2 rings (SSSR count). The summed E-state index contributed by atoms with van der Waals surface area (Å²) in [6.07, 6.45) is 8.11. The molecule has 2 aliphatic carbocycles. The molecule has 0 spiro atoms. The molecule has 0 amide bonds. The number of guanidine groups is 1. The fourth-order valence-electron chi connectivity index (χ4n) is 3.66. The van der Waals surface area contributed by atoms with E-state index in [1.54, 1.807) is 0 Å². The summed E-state index contributed by atoms with van der Waals surface area (Å²) >= 11 is 0. The van der Waals surface area contributed by atoms with Gasteiger partial charge in [0.05, 0.1) is 0 Å². The Morgan fingerprint density at radius 1 is 1.39 bits per heavy atom. The van der Waals surface area contributed by atoms with Crippen LogP contribution in [-0.4, -0.2) is 31.0 Å². The van der Waals surface area contributed by atoms with Gasteiger partial charge in [0, 0.05) is 20.1 Å². The smallest absolute Gasteiger partial charge is 0.208 e. The van der Waals surface area contributed by atoms with Gasteiger partial charge in [-0.3, -0.25) is 10.4 Å². The predicted molar refractivity (Wildman–Crippen MR) is 76.1 cm³/mol. The van der Waals surface area contributed by atoms with E-state index < -0.39 is 0 Å². The first-order chi connectivity index (χ1) is 8.74. The first-order valence-electron chi connectivity index (χ1n) is 7.46. The van der Waals surface area contributed by atoms with Crippen molar-refractivity contribution in [2.45, 2.75) is 45.4 Å². The number of hydrazine groups is 1. The summed E-state index contributed by atoms with van der Waals surface area (Å²) in [5.74, 6) is 9.27. The predicted octanol–water partition coefficient (Wildman–Crippen LogP) is 1.97. The largest absolute Gasteiger partial charge is 0.345 e. The van der Waals surface area contributed by atoms with Crippen LogP contribution in [0.25, 0.3) is 0 Å². The van der Waals surface area contributed by atoms with E-state index >= 15 is 0 Å². The third-order valence-corrected chi connectivity index (χ3v) is 4.66. The second kappa shape index (κ2) is 6.41. The highest BCUT2D eigenvalue weighted by molar-refractivity contribution is 5.79. The van der Waals surface area contributed by atoms with Crippen LogP contribution < -0.4 is 11.3 Å². The number of hydrogen-bond acceptors (Lipinski definition) is 2. The summed E-state index contributed by atoms with van der Waals surface area (Å²) in [4.78, 5) is 6.75. The highest BCUT2D eigenvalue weighted by Gasteiger charge is 2.39. The topological polar surface area (TPSA) is 53.6 Å². The number of aliphatic imine (C=N–C) groups is 1. The van der Waals surface area contributed by atoms with Crippen molar-refractivity contribution in [2.75, 3.05) is 20.1 Å². The number of hydrogen-bond donors (Lipinski definition) is 2. The van der Waals surface area contributed by atoms with Crippen molar-refractivity contribution in [3.05, 3.63) is 0 Å². The van der Waals surface area contributed by atoms with Crippen molar-refractivity contribution in [2.24, 2.45) is 28.6 Å². The summed E-state index contributed by atoms with van der Waals surface area (Å²) in [6.45, 7) is 4.16. The van der Waals surface area contributed by atoms with E-state index in [1.165, 1.54) is 32.1 Å². The van der Waals surface area contributed by atoms with E-state index in [-0.39, 0.29) is 0 Å². The molecule has 0 heterocycles. The number of nitrogens with zero attached hydrogens (tertiary/aromatic N) is 2. The van der Waals surface area contributed by atoms with Crippen LogP contribution in [0, 0.1) is 17.8 Å². The van der Waals surface area contributed by atoms with Gasteiger partial charge in [-0.1, -0.05) is 19.8 Å². The summed E-state index contributed by atoms with van der Waals surface area (Å²) in [6, 6.07) is 0. The Labute approximate surface area is 111 Å². The standard InChI is InChI=1S/C14H28N4/c1-3-4-7-16-14(17-15)18(2)10-13-9-11-5-6-12(13)8-11/h11-13H,3-10,15H2,1-2H3,(H,16,17). The minimum Gasteiger partial charge on any atom is -0.345 e. The minimum atomic E-state index is 0.853. The van der Waals surface area contributed by atoms with Crippen LogP contribution in [0.15, 0.2) is 4.99 Å². The summed E-state index contributed by atoms with van der Waals surface area (Å²) < 4.78 is 0. The maximum Gasteiger partial charge on any atom is 0.208 e. The van der Waals surface area contributed by atoms with Gasteiger partial charge in [-0.25, -0.2) is 5.84 Å². The SMILES string of the molecule is CCCCN=C(NN)N(C)CC1CC2CCC1C2. The average Bonchev–Trinajstić information content (AvgIpc) is 2.96. The zero-order valence-corrected chi connectivity index (χ0v) is 11.9. The molecule has 0 aromatic rings. The Bertz CT molecular complexity index is 290. The second-order valence-corrected chi connectivity index (χ2v) is 6.02. The molecule has 0 aromatic heterocycles. The quantitative estimate of drug-likeness (QED) is 0.259. The molecule has 0 aromatic carbocycles. The van der Waals surface area contributed by atoms with Crippen molar-refractivity contribution >= 4 is 5.96 Å². The number of rotatable bonds is 5. The van der Waals surface area contributed by atoms with Gasteiger partial charge in [0.15, 0.2) is 0 Å². The molecule has 2 saturated carbocycles. The van der Waals surface area contributed by atoms with Crippen molar-refractivity contribution in [3.8, 4) is 0 Å². The molecule has 18 heavy (non-hydrogen) atoms. The van der Waals surface area contributed by atoms with E-state index in [2.05, 4.69) is 29.3 Å². The molecule has 2 bridgehead atoms. The molecule has 2 aliphatic rings. The lowest BCUT2D eigenvalue weighted by Gasteiger charge is -2.28. The summed E-state index contributed by atoms with van der Waals surface area (Å²) in [5.41, 5.74) is 2.75. The Balaban J connectivity index is 1.82. The van der Waals surface area contributed by atoms with Crippen molar-refractivity contribution in [3.63, 3.8) is 0 Å². The third kappa shape index (κ3) is 3.16. The van der Waals surface area contributed by atoms with Crippen LogP contribution >= 0.6 is 0 Å². The molecular weight excluding hydrogens is 224 g/mol.